The molecule has 1 unspecified atom stereocenters. The van der Waals surface area contributed by atoms with Crippen LogP contribution in [0.4, 0.5) is 4.79 Å². The number of carbonyl (C=O) groups excluding carboxylic acids is 1. The van der Waals surface area contributed by atoms with E-state index in [-0.39, 0.29) is 19.8 Å². The molecule has 0 bridgehead atoms. The van der Waals surface area contributed by atoms with Crippen LogP contribution in [0, 0.1) is 0 Å². The second-order valence-electron chi connectivity index (χ2n) is 5.31. The van der Waals surface area contributed by atoms with E-state index >= 15 is 0 Å². The van der Waals surface area contributed by atoms with E-state index in [2.05, 4.69) is 21.2 Å². The lowest BCUT2D eigenvalue weighted by atomic mass is 10.2. The molecule has 1 aromatic carbocycles. The molecular weight excluding hydrogens is 457 g/mol. The molecule has 0 aliphatic rings. The number of rotatable bonds is 12. The van der Waals surface area contributed by atoms with Crippen LogP contribution in [0.2, 0.25) is 0 Å². The monoisotopic (exact) mass is 483 g/mol. The quantitative estimate of drug-likeness (QED) is 0.350. The average Bonchev–Trinajstić information content (AvgIpc) is 2.67. The molecule has 1 amide bonds. The van der Waals surface area contributed by atoms with E-state index in [1.165, 1.54) is 21.3 Å². The number of amides is 1. The van der Waals surface area contributed by atoms with E-state index in [1.54, 1.807) is 32.0 Å². The number of hydrogen-bond donors (Lipinski definition) is 1. The Morgan fingerprint density at radius 2 is 1.75 bits per heavy atom. The van der Waals surface area contributed by atoms with Crippen LogP contribution in [0.3, 0.4) is 0 Å². The minimum atomic E-state index is -3.82. The van der Waals surface area contributed by atoms with Crippen molar-refractivity contribution in [3.8, 4) is 5.75 Å². The second-order valence-corrected chi connectivity index (χ2v) is 8.23. The number of alkyl carbamates (subject to hydrolysis) is 1. The molecule has 0 saturated heterocycles. The van der Waals surface area contributed by atoms with Gasteiger partial charge in [-0.15, -0.1) is 0 Å². The SMILES string of the molecule is CCOP(=O)(OCC)C(OC(=O)NCC(OC)OC)c1ccc(OC)c(Br)c1. The number of hydrogen-bond acceptors (Lipinski definition) is 8. The van der Waals surface area contributed by atoms with Crippen LogP contribution in [-0.2, 0) is 27.8 Å². The van der Waals surface area contributed by atoms with Crippen molar-refractivity contribution in [1.29, 1.82) is 0 Å². The van der Waals surface area contributed by atoms with Crippen molar-refractivity contribution >= 4 is 29.6 Å². The van der Waals surface area contributed by atoms with E-state index in [0.29, 0.717) is 15.8 Å². The topological polar surface area (TPSA) is 102 Å². The summed E-state index contributed by atoms with van der Waals surface area (Å²) in [4.78, 5) is 12.3. The minimum Gasteiger partial charge on any atom is -0.496 e. The molecule has 9 nitrogen and oxygen atoms in total. The standard InChI is InChI=1S/C17H27BrNO8P/c1-6-25-28(21,26-7-2)16(12-8-9-14(22-3)13(18)10-12)27-17(20)19-11-15(23-4)24-5/h8-10,15-16H,6-7,11H2,1-5H3,(H,19,20). The highest BCUT2D eigenvalue weighted by atomic mass is 79.9. The normalized spacial score (nSPS) is 12.7. The van der Waals surface area contributed by atoms with Gasteiger partial charge in [0.2, 0.25) is 5.85 Å². The number of methoxy groups -OCH3 is 3. The van der Waals surface area contributed by atoms with Crippen molar-refractivity contribution < 1.29 is 37.4 Å². The molecule has 0 aliphatic heterocycles. The third kappa shape index (κ3) is 7.02. The van der Waals surface area contributed by atoms with Gasteiger partial charge < -0.3 is 33.3 Å². The van der Waals surface area contributed by atoms with Crippen LogP contribution in [0.25, 0.3) is 0 Å². The van der Waals surface area contributed by atoms with Crippen molar-refractivity contribution in [2.75, 3.05) is 41.1 Å². The summed E-state index contributed by atoms with van der Waals surface area (Å²) in [5.74, 6) is -0.712. The Bertz CT molecular complexity index is 661. The predicted octanol–water partition coefficient (Wildman–Crippen LogP) is 4.07. The number of benzene rings is 1. The molecule has 11 heteroatoms. The summed E-state index contributed by atoms with van der Waals surface area (Å²) < 4.78 is 45.3. The Morgan fingerprint density at radius 1 is 1.14 bits per heavy atom. The molecular formula is C17H27BrNO8P. The molecule has 1 aromatic rings. The van der Waals surface area contributed by atoms with Crippen molar-refractivity contribution in [2.24, 2.45) is 0 Å². The van der Waals surface area contributed by atoms with Crippen LogP contribution in [0.5, 0.6) is 5.75 Å². The summed E-state index contributed by atoms with van der Waals surface area (Å²) in [6.07, 6.45) is -1.47. The Hall–Kier alpha value is -1.16. The minimum absolute atomic E-state index is 0.0401. The number of halogens is 1. The van der Waals surface area contributed by atoms with Crippen LogP contribution in [0.15, 0.2) is 22.7 Å². The molecule has 0 radical (unpaired) electrons. The Labute approximate surface area is 173 Å². The molecule has 0 fully saturated rings. The zero-order chi connectivity index (χ0) is 21.2. The van der Waals surface area contributed by atoms with Crippen molar-refractivity contribution in [2.45, 2.75) is 26.0 Å². The van der Waals surface area contributed by atoms with Gasteiger partial charge in [0.15, 0.2) is 6.29 Å². The summed E-state index contributed by atoms with van der Waals surface area (Å²) >= 11 is 3.37. The lowest BCUT2D eigenvalue weighted by Crippen LogP contribution is -2.35. The highest BCUT2D eigenvalue weighted by Crippen LogP contribution is 2.61. The summed E-state index contributed by atoms with van der Waals surface area (Å²) in [5, 5.41) is 2.50. The van der Waals surface area contributed by atoms with Gasteiger partial charge in [-0.3, -0.25) is 4.57 Å². The zero-order valence-corrected chi connectivity index (χ0v) is 19.1. The number of carbonyl (C=O) groups is 1. The van der Waals surface area contributed by atoms with Crippen LogP contribution < -0.4 is 10.1 Å². The Morgan fingerprint density at radius 3 is 2.21 bits per heavy atom. The van der Waals surface area contributed by atoms with Crippen molar-refractivity contribution in [3.63, 3.8) is 0 Å². The van der Waals surface area contributed by atoms with Gasteiger partial charge in [0.05, 0.1) is 31.3 Å². The van der Waals surface area contributed by atoms with E-state index in [4.69, 9.17) is 28.0 Å². The maximum Gasteiger partial charge on any atom is 0.408 e. The second kappa shape index (κ2) is 12.4. The smallest absolute Gasteiger partial charge is 0.408 e. The third-order valence-electron chi connectivity index (χ3n) is 3.52. The lowest BCUT2D eigenvalue weighted by Gasteiger charge is -2.27. The van der Waals surface area contributed by atoms with Crippen molar-refractivity contribution in [1.82, 2.24) is 5.32 Å². The molecule has 0 spiro atoms. The summed E-state index contributed by atoms with van der Waals surface area (Å²) in [5.41, 5.74) is 0.420. The van der Waals surface area contributed by atoms with Gasteiger partial charge in [0.25, 0.3) is 0 Å². The van der Waals surface area contributed by atoms with Gasteiger partial charge >= 0.3 is 13.7 Å². The van der Waals surface area contributed by atoms with Gasteiger partial charge in [-0.05, 0) is 41.9 Å². The highest BCUT2D eigenvalue weighted by Gasteiger charge is 2.40. The fourth-order valence-corrected chi connectivity index (χ4v) is 4.63. The maximum atomic E-state index is 13.3. The zero-order valence-electron chi connectivity index (χ0n) is 16.6. The first kappa shape index (κ1) is 24.9. The summed E-state index contributed by atoms with van der Waals surface area (Å²) in [6.45, 7) is 3.62. The van der Waals surface area contributed by atoms with Crippen LogP contribution >= 0.6 is 23.5 Å². The van der Waals surface area contributed by atoms with Gasteiger partial charge in [0, 0.05) is 19.8 Å². The molecule has 0 aromatic heterocycles. The van der Waals surface area contributed by atoms with Gasteiger partial charge in [-0.25, -0.2) is 4.79 Å². The Balaban J connectivity index is 3.15. The summed E-state index contributed by atoms with van der Waals surface area (Å²) in [7, 11) is 0.589. The third-order valence-corrected chi connectivity index (χ3v) is 6.36. The van der Waals surface area contributed by atoms with E-state index < -0.39 is 25.8 Å². The highest BCUT2D eigenvalue weighted by molar-refractivity contribution is 9.10. The predicted molar refractivity (Wildman–Crippen MR) is 107 cm³/mol. The molecule has 0 heterocycles. The molecule has 1 atom stereocenters. The van der Waals surface area contributed by atoms with Crippen molar-refractivity contribution in [3.05, 3.63) is 28.2 Å². The van der Waals surface area contributed by atoms with E-state index in [9.17, 15) is 9.36 Å². The van der Waals surface area contributed by atoms with Crippen LogP contribution in [0.1, 0.15) is 25.3 Å². The Kier molecular flexibility index (Phi) is 11.0. The van der Waals surface area contributed by atoms with Gasteiger partial charge in [-0.2, -0.15) is 0 Å². The maximum absolute atomic E-state index is 13.3. The molecule has 1 rings (SSSR count). The first-order valence-electron chi connectivity index (χ1n) is 8.57. The molecule has 0 aliphatic carbocycles. The lowest BCUT2D eigenvalue weighted by molar-refractivity contribution is -0.0981. The molecule has 1 N–H and O–H groups in total. The fourth-order valence-electron chi connectivity index (χ4n) is 2.26. The first-order valence-corrected chi connectivity index (χ1v) is 11.0. The number of nitrogens with one attached hydrogen (secondary N) is 1. The van der Waals surface area contributed by atoms with Gasteiger partial charge in [0.1, 0.15) is 5.75 Å². The van der Waals surface area contributed by atoms with Crippen LogP contribution in [-0.4, -0.2) is 53.5 Å². The number of ether oxygens (including phenoxy) is 4. The van der Waals surface area contributed by atoms with E-state index in [0.717, 1.165) is 0 Å². The fraction of sp³-hybridized carbons (Fsp3) is 0.588. The molecule has 0 saturated carbocycles. The molecule has 160 valence electrons. The molecule has 28 heavy (non-hydrogen) atoms. The van der Waals surface area contributed by atoms with E-state index in [1.807, 2.05) is 0 Å². The summed E-state index contributed by atoms with van der Waals surface area (Å²) in [6, 6.07) is 4.91. The largest absolute Gasteiger partial charge is 0.496 e. The average molecular weight is 484 g/mol. The first-order chi connectivity index (χ1) is 13.3. The van der Waals surface area contributed by atoms with Gasteiger partial charge in [-0.1, -0.05) is 6.07 Å².